The van der Waals surface area contributed by atoms with E-state index in [2.05, 4.69) is 6.92 Å². The van der Waals surface area contributed by atoms with Crippen LogP contribution in [0.15, 0.2) is 12.1 Å². The van der Waals surface area contributed by atoms with Gasteiger partial charge in [0.15, 0.2) is 0 Å². The van der Waals surface area contributed by atoms with Gasteiger partial charge >= 0.3 is 0 Å². The molecule has 0 fully saturated rings. The third-order valence-electron chi connectivity index (χ3n) is 3.05. The fourth-order valence-electron chi connectivity index (χ4n) is 2.39. The SMILES string of the molecule is CCc1cc(O)cc2c1[C@@H](N)CCC2. The number of phenolic OH excluding ortho intramolecular Hbond substituents is 1. The number of hydrogen-bond acceptors (Lipinski definition) is 2. The lowest BCUT2D eigenvalue weighted by Gasteiger charge is -2.25. The molecule has 1 aliphatic rings. The maximum absolute atomic E-state index is 9.55. The summed E-state index contributed by atoms with van der Waals surface area (Å²) in [6, 6.07) is 3.90. The first kappa shape index (κ1) is 9.53. The molecule has 0 unspecified atom stereocenters. The Balaban J connectivity index is 2.55. The lowest BCUT2D eigenvalue weighted by atomic mass is 9.84. The molecule has 0 bridgehead atoms. The van der Waals surface area contributed by atoms with Crippen LogP contribution in [-0.4, -0.2) is 5.11 Å². The number of aryl methyl sites for hydroxylation is 2. The molecule has 1 atom stereocenters. The summed E-state index contributed by atoms with van der Waals surface area (Å²) >= 11 is 0. The molecule has 14 heavy (non-hydrogen) atoms. The van der Waals surface area contributed by atoms with Crippen molar-refractivity contribution in [2.45, 2.75) is 38.6 Å². The highest BCUT2D eigenvalue weighted by atomic mass is 16.3. The van der Waals surface area contributed by atoms with Gasteiger partial charge in [-0.25, -0.2) is 0 Å². The molecule has 2 nitrogen and oxygen atoms in total. The van der Waals surface area contributed by atoms with Crippen LogP contribution >= 0.6 is 0 Å². The first-order valence-electron chi connectivity index (χ1n) is 5.32. The van der Waals surface area contributed by atoms with Gasteiger partial charge in [-0.15, -0.1) is 0 Å². The van der Waals surface area contributed by atoms with Crippen molar-refractivity contribution in [1.29, 1.82) is 0 Å². The van der Waals surface area contributed by atoms with Crippen molar-refractivity contribution in [2.24, 2.45) is 5.73 Å². The van der Waals surface area contributed by atoms with Crippen molar-refractivity contribution >= 4 is 0 Å². The molecular weight excluding hydrogens is 174 g/mol. The van der Waals surface area contributed by atoms with E-state index < -0.39 is 0 Å². The minimum atomic E-state index is 0.175. The van der Waals surface area contributed by atoms with Crippen LogP contribution in [0.25, 0.3) is 0 Å². The summed E-state index contributed by atoms with van der Waals surface area (Å²) in [6.07, 6.45) is 4.22. The Bertz CT molecular complexity index is 329. The first-order valence-corrected chi connectivity index (χ1v) is 5.32. The second kappa shape index (κ2) is 3.62. The Hall–Kier alpha value is -1.02. The van der Waals surface area contributed by atoms with Gasteiger partial charge in [0.1, 0.15) is 5.75 Å². The van der Waals surface area contributed by atoms with Crippen LogP contribution < -0.4 is 5.73 Å². The summed E-state index contributed by atoms with van der Waals surface area (Å²) in [6.45, 7) is 2.11. The van der Waals surface area contributed by atoms with Crippen molar-refractivity contribution in [1.82, 2.24) is 0 Å². The molecule has 0 amide bonds. The quantitative estimate of drug-likeness (QED) is 0.715. The van der Waals surface area contributed by atoms with Crippen molar-refractivity contribution in [2.75, 3.05) is 0 Å². The smallest absolute Gasteiger partial charge is 0.116 e. The molecule has 1 aliphatic carbocycles. The molecule has 1 aromatic carbocycles. The lowest BCUT2D eigenvalue weighted by Crippen LogP contribution is -2.19. The minimum Gasteiger partial charge on any atom is -0.508 e. The van der Waals surface area contributed by atoms with Crippen LogP contribution in [-0.2, 0) is 12.8 Å². The Labute approximate surface area is 84.7 Å². The summed E-state index contributed by atoms with van der Waals surface area (Å²) in [7, 11) is 0. The molecule has 0 radical (unpaired) electrons. The largest absolute Gasteiger partial charge is 0.508 e. The zero-order chi connectivity index (χ0) is 10.1. The fourth-order valence-corrected chi connectivity index (χ4v) is 2.39. The van der Waals surface area contributed by atoms with Gasteiger partial charge < -0.3 is 10.8 Å². The zero-order valence-electron chi connectivity index (χ0n) is 8.59. The number of aromatic hydroxyl groups is 1. The summed E-state index contributed by atoms with van der Waals surface area (Å²) in [5.41, 5.74) is 9.85. The van der Waals surface area contributed by atoms with Crippen molar-refractivity contribution < 1.29 is 5.11 Å². The molecule has 0 saturated heterocycles. The molecule has 0 saturated carbocycles. The number of nitrogens with two attached hydrogens (primary N) is 1. The number of fused-ring (bicyclic) bond motifs is 1. The maximum atomic E-state index is 9.55. The predicted octanol–water partition coefficient (Wildman–Crippen LogP) is 2.29. The number of rotatable bonds is 1. The van der Waals surface area contributed by atoms with Gasteiger partial charge in [-0.2, -0.15) is 0 Å². The van der Waals surface area contributed by atoms with E-state index in [-0.39, 0.29) is 6.04 Å². The average molecular weight is 191 g/mol. The molecule has 0 aromatic heterocycles. The highest BCUT2D eigenvalue weighted by molar-refractivity contribution is 5.44. The van der Waals surface area contributed by atoms with Gasteiger partial charge in [-0.05, 0) is 54.5 Å². The second-order valence-electron chi connectivity index (χ2n) is 4.03. The minimum absolute atomic E-state index is 0.175. The third kappa shape index (κ3) is 1.50. The maximum Gasteiger partial charge on any atom is 0.116 e. The summed E-state index contributed by atoms with van der Waals surface area (Å²) in [5, 5.41) is 9.55. The van der Waals surface area contributed by atoms with Crippen molar-refractivity contribution in [3.63, 3.8) is 0 Å². The molecule has 0 spiro atoms. The number of benzene rings is 1. The normalized spacial score (nSPS) is 20.6. The molecule has 0 heterocycles. The molecule has 2 rings (SSSR count). The van der Waals surface area contributed by atoms with Crippen LogP contribution in [0, 0.1) is 0 Å². The lowest BCUT2D eigenvalue weighted by molar-refractivity contribution is 0.470. The Kier molecular flexibility index (Phi) is 2.46. The van der Waals surface area contributed by atoms with Crippen LogP contribution in [0.3, 0.4) is 0 Å². The van der Waals surface area contributed by atoms with Gasteiger partial charge in [0.25, 0.3) is 0 Å². The molecule has 0 aliphatic heterocycles. The summed E-state index contributed by atoms with van der Waals surface area (Å²) in [4.78, 5) is 0. The van der Waals surface area contributed by atoms with Gasteiger partial charge in [-0.1, -0.05) is 6.92 Å². The van der Waals surface area contributed by atoms with Crippen LogP contribution in [0.5, 0.6) is 5.75 Å². The van der Waals surface area contributed by atoms with Crippen LogP contribution in [0.1, 0.15) is 42.5 Å². The van der Waals surface area contributed by atoms with E-state index in [0.717, 1.165) is 25.7 Å². The van der Waals surface area contributed by atoms with Crippen molar-refractivity contribution in [3.8, 4) is 5.75 Å². The van der Waals surface area contributed by atoms with Gasteiger partial charge in [0.05, 0.1) is 0 Å². The first-order chi connectivity index (χ1) is 6.72. The molecule has 76 valence electrons. The molecular formula is C12H17NO. The third-order valence-corrected chi connectivity index (χ3v) is 3.05. The van der Waals surface area contributed by atoms with E-state index in [4.69, 9.17) is 5.73 Å². The van der Waals surface area contributed by atoms with Crippen LogP contribution in [0.2, 0.25) is 0 Å². The summed E-state index contributed by atoms with van der Waals surface area (Å²) < 4.78 is 0. The van der Waals surface area contributed by atoms with E-state index >= 15 is 0 Å². The Morgan fingerprint density at radius 1 is 1.50 bits per heavy atom. The van der Waals surface area contributed by atoms with E-state index in [1.54, 1.807) is 0 Å². The number of phenols is 1. The summed E-state index contributed by atoms with van der Waals surface area (Å²) in [5.74, 6) is 0.384. The zero-order valence-corrected chi connectivity index (χ0v) is 8.59. The van der Waals surface area contributed by atoms with Gasteiger partial charge in [0.2, 0.25) is 0 Å². The average Bonchev–Trinajstić information content (AvgIpc) is 2.16. The number of hydrogen-bond donors (Lipinski definition) is 2. The Morgan fingerprint density at radius 3 is 3.00 bits per heavy atom. The van der Waals surface area contributed by atoms with E-state index in [9.17, 15) is 5.11 Å². The van der Waals surface area contributed by atoms with Gasteiger partial charge in [0, 0.05) is 6.04 Å². The monoisotopic (exact) mass is 191 g/mol. The fraction of sp³-hybridized carbons (Fsp3) is 0.500. The molecule has 2 heteroatoms. The molecule has 3 N–H and O–H groups in total. The van der Waals surface area contributed by atoms with Gasteiger partial charge in [-0.3, -0.25) is 0 Å². The van der Waals surface area contributed by atoms with E-state index in [1.165, 1.54) is 16.7 Å². The Morgan fingerprint density at radius 2 is 2.29 bits per heavy atom. The highest BCUT2D eigenvalue weighted by Gasteiger charge is 2.20. The highest BCUT2D eigenvalue weighted by Crippen LogP contribution is 2.33. The second-order valence-corrected chi connectivity index (χ2v) is 4.03. The topological polar surface area (TPSA) is 46.2 Å². The van der Waals surface area contributed by atoms with E-state index in [0.29, 0.717) is 5.75 Å². The standard InChI is InChI=1S/C12H17NO/c1-2-8-6-10(14)7-9-4-3-5-11(13)12(8)9/h6-7,11,14H,2-5,13H2,1H3/t11-/m0/s1. The van der Waals surface area contributed by atoms with Crippen molar-refractivity contribution in [3.05, 3.63) is 28.8 Å². The molecule has 1 aromatic rings. The predicted molar refractivity (Wildman–Crippen MR) is 57.4 cm³/mol. The van der Waals surface area contributed by atoms with Crippen LogP contribution in [0.4, 0.5) is 0 Å². The van der Waals surface area contributed by atoms with E-state index in [1.807, 2.05) is 12.1 Å².